The number of imidazole rings is 1. The Morgan fingerprint density at radius 3 is 2.75 bits per heavy atom. The van der Waals surface area contributed by atoms with Gasteiger partial charge in [-0.15, -0.1) is 11.6 Å². The summed E-state index contributed by atoms with van der Waals surface area (Å²) < 4.78 is 7.27. The molecule has 0 saturated carbocycles. The fraction of sp³-hybridized carbons (Fsp3) is 0.286. The molecule has 0 aliphatic carbocycles. The average molecular weight is 310 g/mol. The van der Waals surface area contributed by atoms with Crippen LogP contribution in [0.25, 0.3) is 11.0 Å². The maximum atomic E-state index is 6.08. The third-order valence-electron chi connectivity index (χ3n) is 3.41. The number of rotatable bonds is 3. The molecule has 0 spiro atoms. The van der Waals surface area contributed by atoms with Crippen LogP contribution in [0.5, 0.6) is 0 Å². The quantitative estimate of drug-likeness (QED) is 0.685. The van der Waals surface area contributed by atoms with Crippen LogP contribution in [-0.2, 0) is 12.4 Å². The molecule has 2 aromatic heterocycles. The van der Waals surface area contributed by atoms with E-state index in [-0.39, 0.29) is 0 Å². The van der Waals surface area contributed by atoms with Crippen molar-refractivity contribution in [2.24, 2.45) is 0 Å². The zero-order valence-corrected chi connectivity index (χ0v) is 12.7. The van der Waals surface area contributed by atoms with E-state index < -0.39 is 0 Å². The zero-order chi connectivity index (χ0) is 14.3. The van der Waals surface area contributed by atoms with Gasteiger partial charge in [-0.1, -0.05) is 16.8 Å². The average Bonchev–Trinajstić information content (AvgIpc) is 2.93. The van der Waals surface area contributed by atoms with Crippen LogP contribution in [0.4, 0.5) is 0 Å². The first kappa shape index (κ1) is 13.5. The number of hydrogen-bond donors (Lipinski definition) is 0. The molecule has 0 aliphatic heterocycles. The molecule has 1 aromatic carbocycles. The molecule has 0 fully saturated rings. The standard InChI is InChI=1S/C14H13Cl2N3O/c1-8-11(9(2)20-18-8)7-19-13-5-10(16)3-4-12(13)17-14(19)6-15/h3-5H,6-7H2,1-2H3. The maximum absolute atomic E-state index is 6.08. The fourth-order valence-corrected chi connectivity index (χ4v) is 2.68. The van der Waals surface area contributed by atoms with Crippen molar-refractivity contribution in [1.82, 2.24) is 14.7 Å². The lowest BCUT2D eigenvalue weighted by molar-refractivity contribution is 0.392. The fourth-order valence-electron chi connectivity index (χ4n) is 2.31. The molecule has 0 aliphatic rings. The molecular formula is C14H13Cl2N3O. The molecule has 0 amide bonds. The molecule has 0 atom stereocenters. The second-order valence-corrected chi connectivity index (χ2v) is 5.39. The molecule has 104 valence electrons. The summed E-state index contributed by atoms with van der Waals surface area (Å²) >= 11 is 12.1. The van der Waals surface area contributed by atoms with Gasteiger partial charge in [0.15, 0.2) is 0 Å². The predicted octanol–water partition coefficient (Wildman–Crippen LogP) is 4.08. The van der Waals surface area contributed by atoms with Crippen molar-refractivity contribution in [2.75, 3.05) is 0 Å². The van der Waals surface area contributed by atoms with Gasteiger partial charge in [-0.05, 0) is 32.0 Å². The van der Waals surface area contributed by atoms with Crippen LogP contribution in [0.1, 0.15) is 22.8 Å². The molecule has 0 unspecified atom stereocenters. The summed E-state index contributed by atoms with van der Waals surface area (Å²) in [5.74, 6) is 1.96. The first-order chi connectivity index (χ1) is 9.60. The predicted molar refractivity (Wildman–Crippen MR) is 79.4 cm³/mol. The smallest absolute Gasteiger partial charge is 0.138 e. The second-order valence-electron chi connectivity index (χ2n) is 4.68. The first-order valence-corrected chi connectivity index (χ1v) is 7.13. The Balaban J connectivity index is 2.16. The van der Waals surface area contributed by atoms with Gasteiger partial charge in [0, 0.05) is 10.6 Å². The van der Waals surface area contributed by atoms with Crippen LogP contribution in [0.15, 0.2) is 22.7 Å². The summed E-state index contributed by atoms with van der Waals surface area (Å²) in [6.45, 7) is 4.46. The van der Waals surface area contributed by atoms with E-state index in [9.17, 15) is 0 Å². The molecule has 2 heterocycles. The van der Waals surface area contributed by atoms with E-state index >= 15 is 0 Å². The van der Waals surface area contributed by atoms with Crippen LogP contribution in [0.3, 0.4) is 0 Å². The molecule has 3 aromatic rings. The van der Waals surface area contributed by atoms with Gasteiger partial charge in [0.1, 0.15) is 11.6 Å². The van der Waals surface area contributed by atoms with Gasteiger partial charge in [-0.2, -0.15) is 0 Å². The van der Waals surface area contributed by atoms with E-state index in [2.05, 4.69) is 14.7 Å². The number of alkyl halides is 1. The Labute approximate surface area is 126 Å². The van der Waals surface area contributed by atoms with Crippen LogP contribution in [-0.4, -0.2) is 14.7 Å². The van der Waals surface area contributed by atoms with Gasteiger partial charge in [0.25, 0.3) is 0 Å². The van der Waals surface area contributed by atoms with E-state index in [1.165, 1.54) is 0 Å². The Morgan fingerprint density at radius 2 is 2.10 bits per heavy atom. The highest BCUT2D eigenvalue weighted by molar-refractivity contribution is 6.31. The lowest BCUT2D eigenvalue weighted by Crippen LogP contribution is -2.05. The molecule has 0 radical (unpaired) electrons. The topological polar surface area (TPSA) is 43.9 Å². The van der Waals surface area contributed by atoms with Crippen molar-refractivity contribution < 1.29 is 4.52 Å². The lowest BCUT2D eigenvalue weighted by Gasteiger charge is -2.07. The summed E-state index contributed by atoms with van der Waals surface area (Å²) in [6, 6.07) is 5.63. The Bertz CT molecular complexity index is 757. The monoisotopic (exact) mass is 309 g/mol. The molecule has 20 heavy (non-hydrogen) atoms. The number of aryl methyl sites for hydroxylation is 2. The minimum absolute atomic E-state index is 0.343. The first-order valence-electron chi connectivity index (χ1n) is 6.22. The summed E-state index contributed by atoms with van der Waals surface area (Å²) in [4.78, 5) is 4.53. The van der Waals surface area contributed by atoms with E-state index in [0.717, 1.165) is 33.9 Å². The highest BCUT2D eigenvalue weighted by Gasteiger charge is 2.15. The largest absolute Gasteiger partial charge is 0.361 e. The van der Waals surface area contributed by atoms with Crippen LogP contribution in [0.2, 0.25) is 5.02 Å². The SMILES string of the molecule is Cc1noc(C)c1Cn1c(CCl)nc2ccc(Cl)cc21. The number of benzene rings is 1. The molecule has 3 rings (SSSR count). The van der Waals surface area contributed by atoms with E-state index in [4.69, 9.17) is 27.7 Å². The van der Waals surface area contributed by atoms with Gasteiger partial charge in [-0.3, -0.25) is 0 Å². The van der Waals surface area contributed by atoms with E-state index in [1.54, 1.807) is 0 Å². The van der Waals surface area contributed by atoms with Crippen LogP contribution in [0, 0.1) is 13.8 Å². The Kier molecular flexibility index (Phi) is 3.44. The van der Waals surface area contributed by atoms with Gasteiger partial charge in [0.05, 0.1) is 29.2 Å². The van der Waals surface area contributed by atoms with Gasteiger partial charge in [0.2, 0.25) is 0 Å². The zero-order valence-electron chi connectivity index (χ0n) is 11.2. The summed E-state index contributed by atoms with van der Waals surface area (Å²) in [6.07, 6.45) is 0. The van der Waals surface area contributed by atoms with Crippen molar-refractivity contribution in [3.05, 3.63) is 46.1 Å². The molecular weight excluding hydrogens is 297 g/mol. The van der Waals surface area contributed by atoms with Crippen molar-refractivity contribution in [3.63, 3.8) is 0 Å². The Morgan fingerprint density at radius 1 is 1.30 bits per heavy atom. The number of fused-ring (bicyclic) bond motifs is 1. The third-order valence-corrected chi connectivity index (χ3v) is 3.88. The van der Waals surface area contributed by atoms with Crippen LogP contribution >= 0.6 is 23.2 Å². The number of aromatic nitrogens is 3. The van der Waals surface area contributed by atoms with Crippen molar-refractivity contribution in [3.8, 4) is 0 Å². The minimum atomic E-state index is 0.343. The third kappa shape index (κ3) is 2.19. The number of halogens is 2. The van der Waals surface area contributed by atoms with Gasteiger partial charge < -0.3 is 9.09 Å². The van der Waals surface area contributed by atoms with Crippen molar-refractivity contribution in [2.45, 2.75) is 26.3 Å². The normalized spacial score (nSPS) is 11.4. The lowest BCUT2D eigenvalue weighted by atomic mass is 10.2. The summed E-state index contributed by atoms with van der Waals surface area (Å²) in [7, 11) is 0. The number of nitrogens with zero attached hydrogens (tertiary/aromatic N) is 3. The second kappa shape index (κ2) is 5.11. The van der Waals surface area contributed by atoms with Gasteiger partial charge in [-0.25, -0.2) is 4.98 Å². The van der Waals surface area contributed by atoms with E-state index in [0.29, 0.717) is 17.4 Å². The molecule has 6 heteroatoms. The molecule has 0 saturated heterocycles. The Hall–Kier alpha value is -1.52. The number of hydrogen-bond acceptors (Lipinski definition) is 3. The summed E-state index contributed by atoms with van der Waals surface area (Å²) in [5, 5.41) is 4.66. The van der Waals surface area contributed by atoms with Crippen molar-refractivity contribution >= 4 is 34.2 Å². The van der Waals surface area contributed by atoms with E-state index in [1.807, 2.05) is 32.0 Å². The molecule has 0 bridgehead atoms. The maximum Gasteiger partial charge on any atom is 0.138 e. The highest BCUT2D eigenvalue weighted by Crippen LogP contribution is 2.24. The molecule has 4 nitrogen and oxygen atoms in total. The van der Waals surface area contributed by atoms with Crippen molar-refractivity contribution in [1.29, 1.82) is 0 Å². The highest BCUT2D eigenvalue weighted by atomic mass is 35.5. The summed E-state index contributed by atoms with van der Waals surface area (Å²) in [5.41, 5.74) is 3.78. The minimum Gasteiger partial charge on any atom is -0.361 e. The molecule has 0 N–H and O–H groups in total. The van der Waals surface area contributed by atoms with Crippen LogP contribution < -0.4 is 0 Å². The van der Waals surface area contributed by atoms with Gasteiger partial charge >= 0.3 is 0 Å².